The predicted octanol–water partition coefficient (Wildman–Crippen LogP) is 3.62. The fourth-order valence-corrected chi connectivity index (χ4v) is 4.06. The van der Waals surface area contributed by atoms with E-state index in [1.807, 2.05) is 31.4 Å². The lowest BCUT2D eigenvalue weighted by molar-refractivity contribution is -0.120. The van der Waals surface area contributed by atoms with Crippen molar-refractivity contribution < 1.29 is 14.3 Å². The number of benzene rings is 1. The van der Waals surface area contributed by atoms with Gasteiger partial charge in [0.1, 0.15) is 5.75 Å². The summed E-state index contributed by atoms with van der Waals surface area (Å²) >= 11 is 3.21. The summed E-state index contributed by atoms with van der Waals surface area (Å²) in [4.78, 5) is 30.7. The number of amides is 2. The molecule has 0 aliphatic carbocycles. The van der Waals surface area contributed by atoms with Gasteiger partial charge in [0.15, 0.2) is 0 Å². The second kappa shape index (κ2) is 9.48. The van der Waals surface area contributed by atoms with Crippen molar-refractivity contribution in [3.8, 4) is 16.3 Å². The number of nitrogens with zero attached hydrogens (tertiary/aromatic N) is 1. The van der Waals surface area contributed by atoms with E-state index < -0.39 is 0 Å². The van der Waals surface area contributed by atoms with Crippen LogP contribution in [0.2, 0.25) is 0 Å². The largest absolute Gasteiger partial charge is 0.494 e. The maximum atomic E-state index is 12.1. The lowest BCUT2D eigenvalue weighted by Crippen LogP contribution is -2.36. The van der Waals surface area contributed by atoms with Crippen molar-refractivity contribution in [2.24, 2.45) is 0 Å². The zero-order valence-electron chi connectivity index (χ0n) is 15.7. The van der Waals surface area contributed by atoms with Crippen molar-refractivity contribution in [2.45, 2.75) is 20.4 Å². The molecule has 6 nitrogen and oxygen atoms in total. The van der Waals surface area contributed by atoms with Gasteiger partial charge in [0.2, 0.25) is 5.91 Å². The Labute approximate surface area is 171 Å². The van der Waals surface area contributed by atoms with Gasteiger partial charge in [-0.1, -0.05) is 0 Å². The van der Waals surface area contributed by atoms with E-state index in [2.05, 4.69) is 15.6 Å². The van der Waals surface area contributed by atoms with Gasteiger partial charge in [-0.3, -0.25) is 9.59 Å². The molecule has 0 bridgehead atoms. The minimum atomic E-state index is -0.296. The molecule has 2 heterocycles. The highest BCUT2D eigenvalue weighted by molar-refractivity contribution is 7.16. The third-order valence-electron chi connectivity index (χ3n) is 3.83. The molecule has 2 N–H and O–H groups in total. The Balaban J connectivity index is 1.44. The Morgan fingerprint density at radius 1 is 1.11 bits per heavy atom. The summed E-state index contributed by atoms with van der Waals surface area (Å²) in [5, 5.41) is 8.50. The molecule has 2 amide bonds. The van der Waals surface area contributed by atoms with Gasteiger partial charge in [-0.2, -0.15) is 0 Å². The van der Waals surface area contributed by atoms with Crippen LogP contribution in [-0.2, 0) is 11.3 Å². The number of hydrogen-bond donors (Lipinski definition) is 2. The molecule has 0 saturated heterocycles. The average Bonchev–Trinajstić information content (AvgIpc) is 3.34. The average molecular weight is 416 g/mol. The number of aromatic nitrogens is 1. The summed E-state index contributed by atoms with van der Waals surface area (Å²) in [5.74, 6) is 0.175. The van der Waals surface area contributed by atoms with Crippen LogP contribution in [0.3, 0.4) is 0 Å². The third kappa shape index (κ3) is 5.40. The van der Waals surface area contributed by atoms with Crippen molar-refractivity contribution >= 4 is 34.5 Å². The molecular formula is C20H21N3O3S2. The molecule has 0 aliphatic rings. The molecule has 0 aliphatic heterocycles. The van der Waals surface area contributed by atoms with Crippen molar-refractivity contribution in [1.29, 1.82) is 0 Å². The first-order chi connectivity index (χ1) is 13.5. The van der Waals surface area contributed by atoms with Gasteiger partial charge >= 0.3 is 0 Å². The van der Waals surface area contributed by atoms with Gasteiger partial charge in [0, 0.05) is 15.8 Å². The maximum Gasteiger partial charge on any atom is 0.251 e. The fraction of sp³-hybridized carbons (Fsp3) is 0.250. The van der Waals surface area contributed by atoms with E-state index in [-0.39, 0.29) is 18.4 Å². The first kappa shape index (κ1) is 20.0. The summed E-state index contributed by atoms with van der Waals surface area (Å²) in [6.07, 6.45) is 0. The first-order valence-electron chi connectivity index (χ1n) is 8.84. The molecule has 1 aromatic carbocycles. The highest BCUT2D eigenvalue weighted by atomic mass is 32.1. The molecule has 0 radical (unpaired) electrons. The predicted molar refractivity (Wildman–Crippen MR) is 112 cm³/mol. The van der Waals surface area contributed by atoms with E-state index in [4.69, 9.17) is 4.74 Å². The molecule has 0 fully saturated rings. The van der Waals surface area contributed by atoms with Crippen LogP contribution in [0.1, 0.15) is 27.2 Å². The van der Waals surface area contributed by atoms with Crippen LogP contribution in [0.4, 0.5) is 0 Å². The zero-order valence-corrected chi connectivity index (χ0v) is 17.3. The molecule has 8 heteroatoms. The van der Waals surface area contributed by atoms with Crippen molar-refractivity contribution in [1.82, 2.24) is 15.6 Å². The number of hydrogen-bond acceptors (Lipinski definition) is 6. The van der Waals surface area contributed by atoms with Crippen LogP contribution in [0, 0.1) is 6.92 Å². The minimum absolute atomic E-state index is 0.0739. The highest BCUT2D eigenvalue weighted by Gasteiger charge is 2.10. The number of ether oxygens (including phenoxy) is 1. The van der Waals surface area contributed by atoms with Crippen LogP contribution < -0.4 is 15.4 Å². The van der Waals surface area contributed by atoms with E-state index in [9.17, 15) is 9.59 Å². The Hall–Kier alpha value is -2.71. The van der Waals surface area contributed by atoms with Crippen LogP contribution >= 0.6 is 22.7 Å². The van der Waals surface area contributed by atoms with Gasteiger partial charge in [0.05, 0.1) is 35.3 Å². The quantitative estimate of drug-likeness (QED) is 0.589. The summed E-state index contributed by atoms with van der Waals surface area (Å²) in [5.41, 5.74) is 1.45. The zero-order chi connectivity index (χ0) is 19.9. The molecule has 0 atom stereocenters. The number of thiazole rings is 1. The van der Waals surface area contributed by atoms with Gasteiger partial charge in [0.25, 0.3) is 5.91 Å². The lowest BCUT2D eigenvalue weighted by atomic mass is 10.2. The van der Waals surface area contributed by atoms with Crippen LogP contribution in [-0.4, -0.2) is 29.9 Å². The second-order valence-corrected chi connectivity index (χ2v) is 8.17. The summed E-state index contributed by atoms with van der Waals surface area (Å²) in [6, 6.07) is 10.8. The van der Waals surface area contributed by atoms with Crippen molar-refractivity contribution in [3.63, 3.8) is 0 Å². The number of aryl methyl sites for hydroxylation is 1. The molecular weight excluding hydrogens is 394 g/mol. The highest BCUT2D eigenvalue weighted by Crippen LogP contribution is 2.28. The number of thiophene rings is 1. The Morgan fingerprint density at radius 2 is 1.89 bits per heavy atom. The SMILES string of the molecule is CCOc1ccc(C(=O)NCC(=O)NCc2ccc(-c3csc(C)n3)s2)cc1. The van der Waals surface area contributed by atoms with Crippen LogP contribution in [0.25, 0.3) is 10.6 Å². The molecule has 3 aromatic rings. The number of rotatable bonds is 8. The van der Waals surface area contributed by atoms with Crippen LogP contribution in [0.15, 0.2) is 41.8 Å². The summed E-state index contributed by atoms with van der Waals surface area (Å²) in [7, 11) is 0. The smallest absolute Gasteiger partial charge is 0.251 e. The maximum absolute atomic E-state index is 12.1. The molecule has 146 valence electrons. The fourth-order valence-electron chi connectivity index (χ4n) is 2.47. The van der Waals surface area contributed by atoms with Gasteiger partial charge < -0.3 is 15.4 Å². The van der Waals surface area contributed by atoms with Gasteiger partial charge in [-0.05, 0) is 50.2 Å². The molecule has 0 spiro atoms. The molecule has 0 saturated carbocycles. The molecule has 3 rings (SSSR count). The topological polar surface area (TPSA) is 80.3 Å². The van der Waals surface area contributed by atoms with Gasteiger partial charge in [-0.15, -0.1) is 22.7 Å². The van der Waals surface area contributed by atoms with Crippen molar-refractivity contribution in [3.05, 3.63) is 57.2 Å². The Kier molecular flexibility index (Phi) is 6.78. The number of carbonyl (C=O) groups excluding carboxylic acids is 2. The van der Waals surface area contributed by atoms with E-state index in [0.717, 1.165) is 20.5 Å². The summed E-state index contributed by atoms with van der Waals surface area (Å²) in [6.45, 7) is 4.79. The van der Waals surface area contributed by atoms with E-state index in [0.29, 0.717) is 24.5 Å². The lowest BCUT2D eigenvalue weighted by Gasteiger charge is -2.07. The first-order valence-corrected chi connectivity index (χ1v) is 10.5. The Bertz CT molecular complexity index is 948. The monoisotopic (exact) mass is 415 g/mol. The second-order valence-electron chi connectivity index (χ2n) is 5.93. The van der Waals surface area contributed by atoms with Crippen LogP contribution in [0.5, 0.6) is 5.75 Å². The summed E-state index contributed by atoms with van der Waals surface area (Å²) < 4.78 is 5.35. The van der Waals surface area contributed by atoms with E-state index >= 15 is 0 Å². The molecule has 28 heavy (non-hydrogen) atoms. The normalized spacial score (nSPS) is 10.5. The molecule has 0 unspecified atom stereocenters. The van der Waals surface area contributed by atoms with Gasteiger partial charge in [-0.25, -0.2) is 4.98 Å². The number of carbonyl (C=O) groups is 2. The molecule has 2 aromatic heterocycles. The Morgan fingerprint density at radius 3 is 2.57 bits per heavy atom. The number of nitrogens with one attached hydrogen (secondary N) is 2. The van der Waals surface area contributed by atoms with Crippen molar-refractivity contribution in [2.75, 3.05) is 13.2 Å². The third-order valence-corrected chi connectivity index (χ3v) is 5.71. The minimum Gasteiger partial charge on any atom is -0.494 e. The standard InChI is InChI=1S/C20H21N3O3S2/c1-3-26-15-6-4-14(5-7-15)20(25)22-11-19(24)21-10-16-8-9-18(28-16)17-12-27-13(2)23-17/h4-9,12H,3,10-11H2,1-2H3,(H,21,24)(H,22,25). The van der Waals surface area contributed by atoms with E-state index in [1.54, 1.807) is 46.9 Å². The van der Waals surface area contributed by atoms with E-state index in [1.165, 1.54) is 0 Å².